The quantitative estimate of drug-likeness (QED) is 0.590. The zero-order valence-electron chi connectivity index (χ0n) is 16.9. The number of imidazole rings is 1. The van der Waals surface area contributed by atoms with Gasteiger partial charge in [-0.15, -0.1) is 0 Å². The van der Waals surface area contributed by atoms with Gasteiger partial charge in [0.15, 0.2) is 9.84 Å². The molecule has 2 aromatic carbocycles. The van der Waals surface area contributed by atoms with E-state index in [1.165, 1.54) is 0 Å². The third kappa shape index (κ3) is 4.76. The van der Waals surface area contributed by atoms with Crippen LogP contribution in [0.25, 0.3) is 11.0 Å². The normalized spacial score (nSPS) is 19.1. The van der Waals surface area contributed by atoms with Gasteiger partial charge >= 0.3 is 0 Å². The number of hydrogen-bond donors (Lipinski definition) is 1. The van der Waals surface area contributed by atoms with E-state index >= 15 is 0 Å². The summed E-state index contributed by atoms with van der Waals surface area (Å²) in [6, 6.07) is 15.0. The molecule has 2 atom stereocenters. The Bertz CT molecular complexity index is 1110. The lowest BCUT2D eigenvalue weighted by molar-refractivity contribution is 0.0925. The number of nitrogens with zero attached hydrogens (tertiary/aromatic N) is 2. The summed E-state index contributed by atoms with van der Waals surface area (Å²) in [4.78, 5) is 4.72. The summed E-state index contributed by atoms with van der Waals surface area (Å²) >= 11 is 0. The molecule has 4 rings (SSSR count). The molecule has 0 amide bonds. The van der Waals surface area contributed by atoms with Crippen molar-refractivity contribution in [1.82, 2.24) is 9.55 Å². The number of aliphatic hydroxyl groups excluding tert-OH is 1. The van der Waals surface area contributed by atoms with Crippen molar-refractivity contribution < 1.29 is 23.0 Å². The number of sulfone groups is 1. The first-order valence-electron chi connectivity index (χ1n) is 10.0. The highest BCUT2D eigenvalue weighted by Gasteiger charge is 2.29. The second-order valence-electron chi connectivity index (χ2n) is 7.74. The Morgan fingerprint density at radius 2 is 1.90 bits per heavy atom. The minimum absolute atomic E-state index is 0.0678. The highest BCUT2D eigenvalue weighted by atomic mass is 32.2. The molecule has 0 spiro atoms. The molecule has 7 nitrogen and oxygen atoms in total. The summed E-state index contributed by atoms with van der Waals surface area (Å²) in [6.45, 7) is 0.460. The maximum absolute atomic E-state index is 11.8. The van der Waals surface area contributed by atoms with Gasteiger partial charge in [0.2, 0.25) is 0 Å². The van der Waals surface area contributed by atoms with Gasteiger partial charge < -0.3 is 19.1 Å². The summed E-state index contributed by atoms with van der Waals surface area (Å²) in [7, 11) is -1.34. The van der Waals surface area contributed by atoms with Gasteiger partial charge in [-0.25, -0.2) is 13.4 Å². The van der Waals surface area contributed by atoms with E-state index < -0.39 is 15.9 Å². The summed E-state index contributed by atoms with van der Waals surface area (Å²) < 4.78 is 36.5. The van der Waals surface area contributed by atoms with E-state index in [1.54, 1.807) is 31.4 Å². The van der Waals surface area contributed by atoms with Crippen LogP contribution in [-0.4, -0.2) is 54.4 Å². The molecule has 0 aliphatic carbocycles. The summed E-state index contributed by atoms with van der Waals surface area (Å²) in [5, 5.41) is 10.6. The van der Waals surface area contributed by atoms with Gasteiger partial charge in [-0.05, 0) is 48.7 Å². The molecule has 0 radical (unpaired) electrons. The number of aromatic nitrogens is 2. The van der Waals surface area contributed by atoms with Gasteiger partial charge in [0, 0.05) is 6.42 Å². The van der Waals surface area contributed by atoms with Crippen LogP contribution in [0.2, 0.25) is 0 Å². The van der Waals surface area contributed by atoms with Crippen molar-refractivity contribution >= 4 is 20.9 Å². The first kappa shape index (κ1) is 20.7. The summed E-state index contributed by atoms with van der Waals surface area (Å²) in [5.41, 5.74) is 1.77. The Balaban J connectivity index is 1.47. The molecule has 1 aliphatic heterocycles. The van der Waals surface area contributed by atoms with E-state index in [2.05, 4.69) is 0 Å². The zero-order valence-corrected chi connectivity index (χ0v) is 17.7. The molecule has 0 saturated carbocycles. The van der Waals surface area contributed by atoms with Crippen molar-refractivity contribution in [3.63, 3.8) is 0 Å². The second-order valence-corrected chi connectivity index (χ2v) is 9.97. The first-order valence-corrected chi connectivity index (χ1v) is 11.8. The average Bonchev–Trinajstić information content (AvgIpc) is 3.26. The molecule has 1 aliphatic rings. The topological polar surface area (TPSA) is 90.6 Å². The third-order valence-corrected chi connectivity index (χ3v) is 7.26. The Morgan fingerprint density at radius 3 is 2.60 bits per heavy atom. The average molecular weight is 431 g/mol. The SMILES string of the molecule is COc1ccc(OCC(O)Cn2c(CC3CCS(=O)(=O)C3)nc3ccccc32)cc1. The standard InChI is InChI=1S/C22H26N2O5S/c1-28-18-6-8-19(9-7-18)29-14-17(25)13-24-21-5-3-2-4-20(21)23-22(24)12-16-10-11-30(26,27)15-16/h2-9,16-17,25H,10-15H2,1H3. The predicted octanol–water partition coefficient (Wildman–Crippen LogP) is 2.46. The van der Waals surface area contributed by atoms with Crippen LogP contribution in [0.1, 0.15) is 12.2 Å². The van der Waals surface area contributed by atoms with Crippen molar-refractivity contribution in [1.29, 1.82) is 0 Å². The van der Waals surface area contributed by atoms with Crippen molar-refractivity contribution in [3.05, 3.63) is 54.4 Å². The van der Waals surface area contributed by atoms with Gasteiger partial charge in [0.1, 0.15) is 30.0 Å². The zero-order chi connectivity index (χ0) is 21.1. The van der Waals surface area contributed by atoms with Crippen LogP contribution in [0.4, 0.5) is 0 Å². The fourth-order valence-electron chi connectivity index (χ4n) is 3.90. The second kappa shape index (κ2) is 8.65. The van der Waals surface area contributed by atoms with Crippen LogP contribution in [0, 0.1) is 5.92 Å². The molecule has 8 heteroatoms. The molecule has 2 unspecified atom stereocenters. The molecule has 3 aromatic rings. The number of hydrogen-bond acceptors (Lipinski definition) is 6. The minimum atomic E-state index is -2.94. The Morgan fingerprint density at radius 1 is 1.17 bits per heavy atom. The van der Waals surface area contributed by atoms with Crippen LogP contribution in [0.15, 0.2) is 48.5 Å². The monoisotopic (exact) mass is 430 g/mol. The van der Waals surface area contributed by atoms with Crippen LogP contribution >= 0.6 is 0 Å². The molecule has 1 N–H and O–H groups in total. The number of methoxy groups -OCH3 is 1. The largest absolute Gasteiger partial charge is 0.497 e. The fourth-order valence-corrected chi connectivity index (χ4v) is 5.77. The molecule has 160 valence electrons. The lowest BCUT2D eigenvalue weighted by Gasteiger charge is -2.17. The highest BCUT2D eigenvalue weighted by Crippen LogP contribution is 2.25. The van der Waals surface area contributed by atoms with E-state index in [-0.39, 0.29) is 24.0 Å². The summed E-state index contributed by atoms with van der Waals surface area (Å²) in [5.74, 6) is 2.73. The van der Waals surface area contributed by atoms with Crippen molar-refractivity contribution in [2.45, 2.75) is 25.5 Å². The maximum Gasteiger partial charge on any atom is 0.150 e. The fraction of sp³-hybridized carbons (Fsp3) is 0.409. The molecule has 2 heterocycles. The van der Waals surface area contributed by atoms with Crippen molar-refractivity contribution in [2.24, 2.45) is 5.92 Å². The number of aliphatic hydroxyl groups is 1. The number of rotatable bonds is 8. The Hall–Kier alpha value is -2.58. The van der Waals surface area contributed by atoms with Gasteiger partial charge in [0.25, 0.3) is 0 Å². The van der Waals surface area contributed by atoms with Gasteiger partial charge in [-0.3, -0.25) is 0 Å². The molecule has 1 fully saturated rings. The molecule has 1 aromatic heterocycles. The molecular weight excluding hydrogens is 404 g/mol. The highest BCUT2D eigenvalue weighted by molar-refractivity contribution is 7.91. The van der Waals surface area contributed by atoms with Crippen molar-refractivity contribution in [2.75, 3.05) is 25.2 Å². The van der Waals surface area contributed by atoms with Crippen molar-refractivity contribution in [3.8, 4) is 11.5 Å². The predicted molar refractivity (Wildman–Crippen MR) is 115 cm³/mol. The first-order chi connectivity index (χ1) is 14.4. The van der Waals surface area contributed by atoms with E-state index in [0.717, 1.165) is 22.6 Å². The van der Waals surface area contributed by atoms with E-state index in [4.69, 9.17) is 14.5 Å². The molecule has 0 bridgehead atoms. The lowest BCUT2D eigenvalue weighted by atomic mass is 10.1. The Labute approximate surface area is 176 Å². The number of para-hydroxylation sites is 2. The summed E-state index contributed by atoms with van der Waals surface area (Å²) in [6.07, 6.45) is 0.505. The third-order valence-electron chi connectivity index (χ3n) is 5.43. The van der Waals surface area contributed by atoms with Gasteiger partial charge in [-0.1, -0.05) is 12.1 Å². The van der Waals surface area contributed by atoms with E-state index in [1.807, 2.05) is 28.8 Å². The molecule has 1 saturated heterocycles. The number of benzene rings is 2. The minimum Gasteiger partial charge on any atom is -0.497 e. The van der Waals surface area contributed by atoms with E-state index in [0.29, 0.717) is 25.1 Å². The van der Waals surface area contributed by atoms with Crippen LogP contribution in [0.5, 0.6) is 11.5 Å². The maximum atomic E-state index is 11.8. The van der Waals surface area contributed by atoms with E-state index in [9.17, 15) is 13.5 Å². The van der Waals surface area contributed by atoms with Gasteiger partial charge in [0.05, 0.1) is 36.2 Å². The molecule has 30 heavy (non-hydrogen) atoms. The molecular formula is C22H26N2O5S. The Kier molecular flexibility index (Phi) is 5.97. The number of fused-ring (bicyclic) bond motifs is 1. The van der Waals surface area contributed by atoms with Gasteiger partial charge in [-0.2, -0.15) is 0 Å². The van der Waals surface area contributed by atoms with Crippen LogP contribution in [0.3, 0.4) is 0 Å². The van der Waals surface area contributed by atoms with Crippen LogP contribution < -0.4 is 9.47 Å². The number of ether oxygens (including phenoxy) is 2. The lowest BCUT2D eigenvalue weighted by Crippen LogP contribution is -2.25. The van der Waals surface area contributed by atoms with Crippen LogP contribution in [-0.2, 0) is 22.8 Å². The smallest absolute Gasteiger partial charge is 0.150 e.